The molecule has 70 valence electrons. The third kappa shape index (κ3) is 2.39. The standard InChI is InChI=1S/C10H14N2S/c11-9-3-1-2-8(4-9)5-10-6-12-7-13-10/h4,6-7,9H,1-3,5,11H2. The Morgan fingerprint density at radius 1 is 1.62 bits per heavy atom. The number of nitrogens with two attached hydrogens (primary N) is 1. The Kier molecular flexibility index (Phi) is 2.76. The first-order chi connectivity index (χ1) is 6.34. The fourth-order valence-electron chi connectivity index (χ4n) is 1.73. The normalized spacial score (nSPS) is 22.8. The van der Waals surface area contributed by atoms with Crippen molar-refractivity contribution in [3.8, 4) is 0 Å². The number of rotatable bonds is 2. The van der Waals surface area contributed by atoms with Crippen LogP contribution in [0.2, 0.25) is 0 Å². The van der Waals surface area contributed by atoms with E-state index in [0.29, 0.717) is 0 Å². The van der Waals surface area contributed by atoms with Crippen molar-refractivity contribution in [2.75, 3.05) is 0 Å². The second-order valence-electron chi connectivity index (χ2n) is 3.53. The molecule has 2 N–H and O–H groups in total. The molecule has 0 saturated carbocycles. The highest BCUT2D eigenvalue weighted by Gasteiger charge is 2.10. The second kappa shape index (κ2) is 4.03. The van der Waals surface area contributed by atoms with Gasteiger partial charge in [-0.25, -0.2) is 0 Å². The molecule has 0 fully saturated rings. The summed E-state index contributed by atoms with van der Waals surface area (Å²) in [6.45, 7) is 0. The van der Waals surface area contributed by atoms with Gasteiger partial charge in [0.15, 0.2) is 0 Å². The van der Waals surface area contributed by atoms with Crippen LogP contribution >= 0.6 is 11.3 Å². The van der Waals surface area contributed by atoms with Gasteiger partial charge in [-0.15, -0.1) is 11.3 Å². The van der Waals surface area contributed by atoms with Crippen molar-refractivity contribution >= 4 is 11.3 Å². The summed E-state index contributed by atoms with van der Waals surface area (Å²) in [4.78, 5) is 5.41. The van der Waals surface area contributed by atoms with Gasteiger partial charge in [0.1, 0.15) is 0 Å². The van der Waals surface area contributed by atoms with Crippen molar-refractivity contribution in [2.24, 2.45) is 5.73 Å². The first-order valence-corrected chi connectivity index (χ1v) is 5.55. The molecule has 13 heavy (non-hydrogen) atoms. The minimum absolute atomic E-state index is 0.289. The molecule has 0 amide bonds. The molecule has 1 aliphatic rings. The summed E-state index contributed by atoms with van der Waals surface area (Å²) < 4.78 is 0. The van der Waals surface area contributed by atoms with Crippen molar-refractivity contribution in [3.05, 3.63) is 28.2 Å². The molecule has 2 rings (SSSR count). The van der Waals surface area contributed by atoms with Crippen LogP contribution in [0.3, 0.4) is 0 Å². The molecule has 0 radical (unpaired) electrons. The monoisotopic (exact) mass is 194 g/mol. The minimum Gasteiger partial charge on any atom is -0.324 e. The van der Waals surface area contributed by atoms with E-state index in [1.165, 1.54) is 23.3 Å². The van der Waals surface area contributed by atoms with Gasteiger partial charge in [-0.3, -0.25) is 4.98 Å². The van der Waals surface area contributed by atoms with Crippen LogP contribution in [0, 0.1) is 0 Å². The molecule has 1 heterocycles. The van der Waals surface area contributed by atoms with Crippen LogP contribution in [0.4, 0.5) is 0 Å². The van der Waals surface area contributed by atoms with E-state index in [1.54, 1.807) is 11.3 Å². The number of thiazole rings is 1. The lowest BCUT2D eigenvalue weighted by Gasteiger charge is -2.16. The molecule has 0 aromatic carbocycles. The zero-order valence-electron chi connectivity index (χ0n) is 7.57. The topological polar surface area (TPSA) is 38.9 Å². The molecular formula is C10H14N2S. The molecule has 0 aliphatic heterocycles. The Labute approximate surface area is 82.5 Å². The van der Waals surface area contributed by atoms with Crippen LogP contribution in [0.15, 0.2) is 23.4 Å². The Hall–Kier alpha value is -0.670. The van der Waals surface area contributed by atoms with E-state index in [9.17, 15) is 0 Å². The second-order valence-corrected chi connectivity index (χ2v) is 4.50. The molecule has 0 spiro atoms. The van der Waals surface area contributed by atoms with Crippen LogP contribution in [0.1, 0.15) is 24.1 Å². The Morgan fingerprint density at radius 3 is 3.23 bits per heavy atom. The van der Waals surface area contributed by atoms with Crippen LogP contribution < -0.4 is 5.73 Å². The van der Waals surface area contributed by atoms with E-state index in [4.69, 9.17) is 5.73 Å². The van der Waals surface area contributed by atoms with Gasteiger partial charge in [-0.1, -0.05) is 11.6 Å². The van der Waals surface area contributed by atoms with Gasteiger partial charge >= 0.3 is 0 Å². The van der Waals surface area contributed by atoms with Crippen LogP contribution in [0.25, 0.3) is 0 Å². The van der Waals surface area contributed by atoms with Gasteiger partial charge in [-0.2, -0.15) is 0 Å². The van der Waals surface area contributed by atoms with Gasteiger partial charge < -0.3 is 5.73 Å². The molecule has 1 aromatic heterocycles. The quantitative estimate of drug-likeness (QED) is 0.732. The summed E-state index contributed by atoms with van der Waals surface area (Å²) in [7, 11) is 0. The third-order valence-corrected chi connectivity index (χ3v) is 3.15. The number of hydrogen-bond donors (Lipinski definition) is 1. The van der Waals surface area contributed by atoms with Crippen molar-refractivity contribution in [1.82, 2.24) is 4.98 Å². The van der Waals surface area contributed by atoms with Crippen molar-refractivity contribution < 1.29 is 0 Å². The molecule has 0 bridgehead atoms. The molecule has 1 aromatic rings. The lowest BCUT2D eigenvalue weighted by Crippen LogP contribution is -2.20. The van der Waals surface area contributed by atoms with Crippen LogP contribution in [0.5, 0.6) is 0 Å². The van der Waals surface area contributed by atoms with E-state index >= 15 is 0 Å². The maximum Gasteiger partial charge on any atom is 0.0794 e. The largest absolute Gasteiger partial charge is 0.324 e. The Morgan fingerprint density at radius 2 is 2.54 bits per heavy atom. The van der Waals surface area contributed by atoms with Gasteiger partial charge in [0, 0.05) is 23.5 Å². The first-order valence-electron chi connectivity index (χ1n) is 4.67. The number of allylic oxidation sites excluding steroid dienone is 1. The van der Waals surface area contributed by atoms with Gasteiger partial charge in [0.05, 0.1) is 5.51 Å². The summed E-state index contributed by atoms with van der Waals surface area (Å²) in [6.07, 6.45) is 8.83. The SMILES string of the molecule is NC1C=C(Cc2cncs2)CCC1. The zero-order chi connectivity index (χ0) is 9.10. The number of hydrogen-bond acceptors (Lipinski definition) is 3. The fraction of sp³-hybridized carbons (Fsp3) is 0.500. The summed E-state index contributed by atoms with van der Waals surface area (Å²) in [5.74, 6) is 0. The summed E-state index contributed by atoms with van der Waals surface area (Å²) in [5, 5.41) is 0. The lowest BCUT2D eigenvalue weighted by molar-refractivity contribution is 0.618. The molecular weight excluding hydrogens is 180 g/mol. The summed E-state index contributed by atoms with van der Waals surface area (Å²) in [6, 6.07) is 0.289. The molecule has 0 saturated heterocycles. The van der Waals surface area contributed by atoms with Gasteiger partial charge in [0.25, 0.3) is 0 Å². The molecule has 1 atom stereocenters. The highest BCUT2D eigenvalue weighted by Crippen LogP contribution is 2.21. The number of aromatic nitrogens is 1. The maximum absolute atomic E-state index is 5.87. The minimum atomic E-state index is 0.289. The van der Waals surface area contributed by atoms with E-state index in [2.05, 4.69) is 11.1 Å². The van der Waals surface area contributed by atoms with E-state index < -0.39 is 0 Å². The zero-order valence-corrected chi connectivity index (χ0v) is 8.39. The predicted octanol–water partition coefficient (Wildman–Crippen LogP) is 2.12. The average molecular weight is 194 g/mol. The Bertz CT molecular complexity index is 290. The summed E-state index contributed by atoms with van der Waals surface area (Å²) >= 11 is 1.73. The maximum atomic E-state index is 5.87. The van der Waals surface area contributed by atoms with E-state index in [0.717, 1.165) is 12.8 Å². The van der Waals surface area contributed by atoms with E-state index in [-0.39, 0.29) is 6.04 Å². The molecule has 1 unspecified atom stereocenters. The van der Waals surface area contributed by atoms with Gasteiger partial charge in [-0.05, 0) is 19.3 Å². The highest BCUT2D eigenvalue weighted by atomic mass is 32.1. The van der Waals surface area contributed by atoms with Crippen LogP contribution in [-0.2, 0) is 6.42 Å². The Balaban J connectivity index is 2.02. The number of nitrogens with zero attached hydrogens (tertiary/aromatic N) is 1. The van der Waals surface area contributed by atoms with Crippen LogP contribution in [-0.4, -0.2) is 11.0 Å². The summed E-state index contributed by atoms with van der Waals surface area (Å²) in [5.41, 5.74) is 9.24. The van der Waals surface area contributed by atoms with Crippen molar-refractivity contribution in [3.63, 3.8) is 0 Å². The van der Waals surface area contributed by atoms with E-state index in [1.807, 2.05) is 11.7 Å². The fourth-order valence-corrected chi connectivity index (χ4v) is 2.38. The predicted molar refractivity (Wildman–Crippen MR) is 55.7 cm³/mol. The molecule has 2 nitrogen and oxygen atoms in total. The molecule has 1 aliphatic carbocycles. The first kappa shape index (κ1) is 8.91. The van der Waals surface area contributed by atoms with Crippen molar-refractivity contribution in [1.29, 1.82) is 0 Å². The highest BCUT2D eigenvalue weighted by molar-refractivity contribution is 7.09. The smallest absolute Gasteiger partial charge is 0.0794 e. The average Bonchev–Trinajstić information content (AvgIpc) is 2.57. The van der Waals surface area contributed by atoms with Gasteiger partial charge in [0.2, 0.25) is 0 Å². The third-order valence-electron chi connectivity index (χ3n) is 2.37. The molecule has 3 heteroatoms. The van der Waals surface area contributed by atoms with Crippen molar-refractivity contribution in [2.45, 2.75) is 31.7 Å². The lowest BCUT2D eigenvalue weighted by atomic mass is 9.94.